The van der Waals surface area contributed by atoms with Gasteiger partial charge in [-0.2, -0.15) is 10.1 Å². The van der Waals surface area contributed by atoms with Gasteiger partial charge in [0.2, 0.25) is 11.7 Å². The molecule has 96 valence electrons. The fraction of sp³-hybridized carbons (Fsp3) is 0.583. The zero-order chi connectivity index (χ0) is 12.5. The standard InChI is InChI=1S/C12H17N5O/c1-16-6-3-9(4-7-16)12-13-11(15-18-12)10-5-8-17(2)14-10/h5,8-9H,3-4,6-7H2,1-2H3. The van der Waals surface area contributed by atoms with Crippen molar-refractivity contribution in [2.75, 3.05) is 20.1 Å². The van der Waals surface area contributed by atoms with Crippen molar-refractivity contribution < 1.29 is 4.52 Å². The summed E-state index contributed by atoms with van der Waals surface area (Å²) >= 11 is 0. The van der Waals surface area contributed by atoms with Gasteiger partial charge in [-0.15, -0.1) is 0 Å². The normalized spacial score (nSPS) is 18.3. The van der Waals surface area contributed by atoms with Crippen LogP contribution in [-0.4, -0.2) is 45.0 Å². The lowest BCUT2D eigenvalue weighted by molar-refractivity contribution is 0.227. The number of hydrogen-bond acceptors (Lipinski definition) is 5. The van der Waals surface area contributed by atoms with E-state index >= 15 is 0 Å². The Morgan fingerprint density at radius 1 is 1.28 bits per heavy atom. The van der Waals surface area contributed by atoms with Gasteiger partial charge in [0.15, 0.2) is 0 Å². The van der Waals surface area contributed by atoms with E-state index < -0.39 is 0 Å². The lowest BCUT2D eigenvalue weighted by Crippen LogP contribution is -2.29. The van der Waals surface area contributed by atoms with E-state index in [0.29, 0.717) is 11.7 Å². The van der Waals surface area contributed by atoms with Crippen LogP contribution in [-0.2, 0) is 7.05 Å². The molecular weight excluding hydrogens is 230 g/mol. The Kier molecular flexibility index (Phi) is 2.87. The molecule has 0 amide bonds. The Labute approximate surface area is 106 Å². The van der Waals surface area contributed by atoms with Gasteiger partial charge in [0.05, 0.1) is 0 Å². The van der Waals surface area contributed by atoms with E-state index in [1.807, 2.05) is 19.3 Å². The number of aryl methyl sites for hydroxylation is 1. The number of hydrogen-bond donors (Lipinski definition) is 0. The lowest BCUT2D eigenvalue weighted by Gasteiger charge is -2.26. The zero-order valence-corrected chi connectivity index (χ0v) is 10.7. The summed E-state index contributed by atoms with van der Waals surface area (Å²) in [6.45, 7) is 2.18. The summed E-state index contributed by atoms with van der Waals surface area (Å²) in [6, 6.07) is 1.89. The minimum absolute atomic E-state index is 0.395. The fourth-order valence-corrected chi connectivity index (χ4v) is 2.29. The van der Waals surface area contributed by atoms with Gasteiger partial charge < -0.3 is 9.42 Å². The molecule has 0 aliphatic carbocycles. The average molecular weight is 247 g/mol. The monoisotopic (exact) mass is 247 g/mol. The van der Waals surface area contributed by atoms with Crippen molar-refractivity contribution in [2.45, 2.75) is 18.8 Å². The molecule has 6 heteroatoms. The second-order valence-electron chi connectivity index (χ2n) is 4.91. The molecule has 0 unspecified atom stereocenters. The molecule has 6 nitrogen and oxygen atoms in total. The number of piperidine rings is 1. The number of rotatable bonds is 2. The van der Waals surface area contributed by atoms with Gasteiger partial charge in [0, 0.05) is 19.2 Å². The predicted octanol–water partition coefficient (Wildman–Crippen LogP) is 1.28. The molecular formula is C12H17N5O. The fourth-order valence-electron chi connectivity index (χ4n) is 2.29. The van der Waals surface area contributed by atoms with Crippen molar-refractivity contribution in [3.8, 4) is 11.5 Å². The van der Waals surface area contributed by atoms with E-state index in [0.717, 1.165) is 37.5 Å². The van der Waals surface area contributed by atoms with Crippen molar-refractivity contribution in [3.05, 3.63) is 18.2 Å². The summed E-state index contributed by atoms with van der Waals surface area (Å²) in [6.07, 6.45) is 4.04. The van der Waals surface area contributed by atoms with Crippen LogP contribution in [0.1, 0.15) is 24.7 Å². The first-order chi connectivity index (χ1) is 8.72. The molecule has 0 atom stereocenters. The number of likely N-dealkylation sites (tertiary alicyclic amines) is 1. The summed E-state index contributed by atoms with van der Waals surface area (Å²) in [5.74, 6) is 1.74. The zero-order valence-electron chi connectivity index (χ0n) is 10.7. The third-order valence-electron chi connectivity index (χ3n) is 3.45. The highest BCUT2D eigenvalue weighted by molar-refractivity contribution is 5.46. The van der Waals surface area contributed by atoms with Gasteiger partial charge in [0.25, 0.3) is 0 Å². The maximum absolute atomic E-state index is 5.37. The van der Waals surface area contributed by atoms with Crippen LogP contribution in [0.25, 0.3) is 11.5 Å². The highest BCUT2D eigenvalue weighted by Gasteiger charge is 2.24. The van der Waals surface area contributed by atoms with E-state index in [1.54, 1.807) is 4.68 Å². The van der Waals surface area contributed by atoms with Crippen molar-refractivity contribution >= 4 is 0 Å². The molecule has 0 spiro atoms. The van der Waals surface area contributed by atoms with Crippen LogP contribution in [0.15, 0.2) is 16.8 Å². The van der Waals surface area contributed by atoms with Crippen LogP contribution >= 0.6 is 0 Å². The Morgan fingerprint density at radius 2 is 2.06 bits per heavy atom. The predicted molar refractivity (Wildman–Crippen MR) is 66.0 cm³/mol. The Morgan fingerprint density at radius 3 is 2.72 bits per heavy atom. The van der Waals surface area contributed by atoms with Crippen molar-refractivity contribution in [3.63, 3.8) is 0 Å². The van der Waals surface area contributed by atoms with Crippen LogP contribution in [0.3, 0.4) is 0 Å². The molecule has 2 aromatic rings. The van der Waals surface area contributed by atoms with Gasteiger partial charge in [-0.05, 0) is 39.0 Å². The quantitative estimate of drug-likeness (QED) is 0.800. The van der Waals surface area contributed by atoms with Gasteiger partial charge in [-0.1, -0.05) is 5.16 Å². The van der Waals surface area contributed by atoms with Gasteiger partial charge in [0.1, 0.15) is 5.69 Å². The topological polar surface area (TPSA) is 60.0 Å². The molecule has 3 heterocycles. The van der Waals surface area contributed by atoms with E-state index in [2.05, 4.69) is 27.2 Å². The number of aromatic nitrogens is 4. The van der Waals surface area contributed by atoms with Crippen LogP contribution in [0.4, 0.5) is 0 Å². The van der Waals surface area contributed by atoms with E-state index in [9.17, 15) is 0 Å². The Bertz CT molecular complexity index is 524. The van der Waals surface area contributed by atoms with Crippen molar-refractivity contribution in [1.29, 1.82) is 0 Å². The minimum Gasteiger partial charge on any atom is -0.339 e. The highest BCUT2D eigenvalue weighted by atomic mass is 16.5. The molecule has 1 fully saturated rings. The minimum atomic E-state index is 0.395. The SMILES string of the molecule is CN1CCC(c2nc(-c3ccn(C)n3)no2)CC1. The Balaban J connectivity index is 1.77. The van der Waals surface area contributed by atoms with Gasteiger partial charge in [-0.3, -0.25) is 4.68 Å². The van der Waals surface area contributed by atoms with E-state index in [-0.39, 0.29) is 0 Å². The summed E-state index contributed by atoms with van der Waals surface area (Å²) in [7, 11) is 4.02. The first-order valence-corrected chi connectivity index (χ1v) is 6.24. The van der Waals surface area contributed by atoms with E-state index in [4.69, 9.17) is 4.52 Å². The van der Waals surface area contributed by atoms with Crippen molar-refractivity contribution in [2.24, 2.45) is 7.05 Å². The summed E-state index contributed by atoms with van der Waals surface area (Å²) < 4.78 is 7.11. The maximum atomic E-state index is 5.37. The average Bonchev–Trinajstić information content (AvgIpc) is 2.98. The molecule has 1 saturated heterocycles. The lowest BCUT2D eigenvalue weighted by atomic mass is 9.97. The molecule has 0 radical (unpaired) electrons. The largest absolute Gasteiger partial charge is 0.339 e. The van der Waals surface area contributed by atoms with Gasteiger partial charge in [-0.25, -0.2) is 0 Å². The maximum Gasteiger partial charge on any atom is 0.230 e. The molecule has 1 aliphatic heterocycles. The molecule has 3 rings (SSSR count). The third-order valence-corrected chi connectivity index (χ3v) is 3.45. The van der Waals surface area contributed by atoms with Crippen LogP contribution < -0.4 is 0 Å². The third kappa shape index (κ3) is 2.15. The van der Waals surface area contributed by atoms with Gasteiger partial charge >= 0.3 is 0 Å². The molecule has 1 aliphatic rings. The first kappa shape index (κ1) is 11.4. The number of nitrogens with zero attached hydrogens (tertiary/aromatic N) is 5. The van der Waals surface area contributed by atoms with Crippen LogP contribution in [0.2, 0.25) is 0 Å². The molecule has 0 saturated carbocycles. The van der Waals surface area contributed by atoms with Crippen molar-refractivity contribution in [1.82, 2.24) is 24.8 Å². The highest BCUT2D eigenvalue weighted by Crippen LogP contribution is 2.27. The molecule has 0 bridgehead atoms. The molecule has 18 heavy (non-hydrogen) atoms. The van der Waals surface area contributed by atoms with E-state index in [1.165, 1.54) is 0 Å². The second kappa shape index (κ2) is 4.53. The second-order valence-corrected chi connectivity index (χ2v) is 4.91. The molecule has 2 aromatic heterocycles. The molecule has 0 N–H and O–H groups in total. The first-order valence-electron chi connectivity index (χ1n) is 6.24. The van der Waals surface area contributed by atoms with Crippen LogP contribution in [0, 0.1) is 0 Å². The Hall–Kier alpha value is -1.69. The van der Waals surface area contributed by atoms with Crippen LogP contribution in [0.5, 0.6) is 0 Å². The summed E-state index contributed by atoms with van der Waals surface area (Å²) in [5.41, 5.74) is 0.764. The summed E-state index contributed by atoms with van der Waals surface area (Å²) in [5, 5.41) is 8.29. The molecule has 0 aromatic carbocycles. The smallest absolute Gasteiger partial charge is 0.230 e. The summed E-state index contributed by atoms with van der Waals surface area (Å²) in [4.78, 5) is 6.80.